The molecule has 3 aromatic carbocycles. The van der Waals surface area contributed by atoms with Crippen LogP contribution in [0.3, 0.4) is 0 Å². The highest BCUT2D eigenvalue weighted by atomic mass is 32.1. The van der Waals surface area contributed by atoms with E-state index in [1.54, 1.807) is 0 Å². The summed E-state index contributed by atoms with van der Waals surface area (Å²) < 4.78 is 0. The molecule has 4 unspecified atom stereocenters. The highest BCUT2D eigenvalue weighted by molar-refractivity contribution is 7.80. The fourth-order valence-corrected chi connectivity index (χ4v) is 7.75. The van der Waals surface area contributed by atoms with Crippen molar-refractivity contribution in [2.75, 3.05) is 13.1 Å². The maximum Gasteiger partial charge on any atom is 0.243 e. The van der Waals surface area contributed by atoms with Crippen molar-refractivity contribution in [1.29, 1.82) is 0 Å². The van der Waals surface area contributed by atoms with Gasteiger partial charge in [-0.25, -0.2) is 0 Å². The average molecular weight is 539 g/mol. The van der Waals surface area contributed by atoms with E-state index in [-0.39, 0.29) is 29.3 Å². The van der Waals surface area contributed by atoms with E-state index in [2.05, 4.69) is 98.9 Å². The van der Waals surface area contributed by atoms with Crippen molar-refractivity contribution in [2.24, 2.45) is 0 Å². The average Bonchev–Trinajstić information content (AvgIpc) is 3.63. The van der Waals surface area contributed by atoms with Crippen LogP contribution in [-0.2, 0) is 22.7 Å². The maximum atomic E-state index is 12.5. The summed E-state index contributed by atoms with van der Waals surface area (Å²) in [6, 6.07) is 29.7. The zero-order chi connectivity index (χ0) is 26.5. The van der Waals surface area contributed by atoms with Crippen LogP contribution in [0.4, 0.5) is 0 Å². The number of amides is 2. The van der Waals surface area contributed by atoms with Crippen molar-refractivity contribution in [1.82, 2.24) is 20.0 Å². The minimum Gasteiger partial charge on any atom is -0.295 e. The van der Waals surface area contributed by atoms with Crippen molar-refractivity contribution in [3.05, 3.63) is 107 Å². The van der Waals surface area contributed by atoms with Crippen LogP contribution in [-0.4, -0.2) is 57.7 Å². The lowest BCUT2D eigenvalue weighted by Gasteiger charge is -2.39. The molecule has 2 bridgehead atoms. The number of imide groups is 1. The van der Waals surface area contributed by atoms with Crippen LogP contribution in [0.15, 0.2) is 78.9 Å². The molecule has 0 saturated carbocycles. The number of piperidine rings is 1. The largest absolute Gasteiger partial charge is 0.295 e. The van der Waals surface area contributed by atoms with Crippen LogP contribution in [0.1, 0.15) is 58.5 Å². The Kier molecular flexibility index (Phi) is 6.55. The molecule has 3 fully saturated rings. The topological polar surface area (TPSA) is 55.9 Å². The van der Waals surface area contributed by atoms with Crippen LogP contribution in [0.25, 0.3) is 0 Å². The molecule has 0 aliphatic carbocycles. The van der Waals surface area contributed by atoms with Crippen LogP contribution < -0.4 is 5.32 Å². The van der Waals surface area contributed by atoms with E-state index in [4.69, 9.17) is 12.6 Å². The first-order valence-electron chi connectivity index (χ1n) is 14.0. The number of hydrogen-bond acceptors (Lipinski definition) is 6. The predicted octanol–water partition coefficient (Wildman–Crippen LogP) is 4.28. The van der Waals surface area contributed by atoms with E-state index in [1.165, 1.54) is 34.2 Å². The molecule has 39 heavy (non-hydrogen) atoms. The third kappa shape index (κ3) is 4.61. The number of carbonyl (C=O) groups is 2. The third-order valence-electron chi connectivity index (χ3n) is 9.11. The van der Waals surface area contributed by atoms with E-state index in [1.807, 2.05) is 0 Å². The van der Waals surface area contributed by atoms with Gasteiger partial charge in [-0.05, 0) is 40.7 Å². The van der Waals surface area contributed by atoms with Gasteiger partial charge in [0.05, 0.1) is 17.5 Å². The molecule has 4 aliphatic rings. The maximum absolute atomic E-state index is 12.5. The number of thiol groups is 1. The summed E-state index contributed by atoms with van der Waals surface area (Å²) in [4.78, 5) is 31.6. The molecule has 3 aromatic rings. The summed E-state index contributed by atoms with van der Waals surface area (Å²) in [5.74, 6) is -0.372. The number of fused-ring (bicyclic) bond motifs is 3. The van der Waals surface area contributed by atoms with Crippen LogP contribution in [0.2, 0.25) is 0 Å². The monoisotopic (exact) mass is 538 g/mol. The van der Waals surface area contributed by atoms with Gasteiger partial charge in [0, 0.05) is 44.7 Å². The highest BCUT2D eigenvalue weighted by Crippen LogP contribution is 2.42. The molecule has 7 rings (SSSR count). The molecule has 0 spiro atoms. The second kappa shape index (κ2) is 10.2. The molecular formula is C32H34N4O2S. The molecule has 3 saturated heterocycles. The number of hydrogen-bond donors (Lipinski definition) is 2. The molecule has 4 aliphatic heterocycles. The number of rotatable bonds is 6. The van der Waals surface area contributed by atoms with Gasteiger partial charge in [0.2, 0.25) is 11.8 Å². The van der Waals surface area contributed by atoms with E-state index in [0.717, 1.165) is 19.6 Å². The summed E-state index contributed by atoms with van der Waals surface area (Å²) in [7, 11) is 0. The number of piperazine rings is 1. The number of nitrogens with one attached hydrogen (secondary N) is 1. The Morgan fingerprint density at radius 1 is 0.897 bits per heavy atom. The summed E-state index contributed by atoms with van der Waals surface area (Å²) >= 11 is 4.86. The van der Waals surface area contributed by atoms with Gasteiger partial charge in [-0.3, -0.25) is 29.6 Å². The first-order chi connectivity index (χ1) is 19.0. The third-order valence-corrected chi connectivity index (χ3v) is 9.68. The van der Waals surface area contributed by atoms with Crippen LogP contribution in [0.5, 0.6) is 0 Å². The van der Waals surface area contributed by atoms with Crippen molar-refractivity contribution < 1.29 is 9.59 Å². The van der Waals surface area contributed by atoms with E-state index in [9.17, 15) is 9.59 Å². The second-order valence-electron chi connectivity index (χ2n) is 11.4. The molecule has 7 heteroatoms. The molecular weight excluding hydrogens is 504 g/mol. The van der Waals surface area contributed by atoms with Gasteiger partial charge >= 0.3 is 0 Å². The number of benzene rings is 3. The lowest BCUT2D eigenvalue weighted by Crippen LogP contribution is -2.51. The molecule has 1 N–H and O–H groups in total. The summed E-state index contributed by atoms with van der Waals surface area (Å²) in [5, 5.41) is 2.37. The number of likely N-dealkylation sites (tertiary alicyclic amines) is 2. The van der Waals surface area contributed by atoms with E-state index >= 15 is 0 Å². The zero-order valence-electron chi connectivity index (χ0n) is 21.9. The standard InChI is InChI=1S/C32H34N4O2S/c37-29-14-13-28(31(38)33-29)36-18-24-15-21(11-12-27(24)32(36)39)17-34-19-26-16-25(34)20-35(26)30(22-7-3-1-4-8-22)23-9-5-2-6-10-23/h1-12,15,25-26,28,30,32,39H,13-14,16-20H2,(H,33,37,38). The Labute approximate surface area is 235 Å². The second-order valence-corrected chi connectivity index (χ2v) is 11.9. The van der Waals surface area contributed by atoms with Crippen LogP contribution >= 0.6 is 12.6 Å². The van der Waals surface area contributed by atoms with Gasteiger partial charge < -0.3 is 0 Å². The van der Waals surface area contributed by atoms with E-state index in [0.29, 0.717) is 31.5 Å². The van der Waals surface area contributed by atoms with Gasteiger partial charge in [-0.15, -0.1) is 0 Å². The van der Waals surface area contributed by atoms with E-state index < -0.39 is 0 Å². The lowest BCUT2D eigenvalue weighted by molar-refractivity contribution is -0.137. The fraction of sp³-hybridized carbons (Fsp3) is 0.375. The minimum absolute atomic E-state index is 0.123. The highest BCUT2D eigenvalue weighted by Gasteiger charge is 2.46. The van der Waals surface area contributed by atoms with Crippen molar-refractivity contribution in [2.45, 2.75) is 61.9 Å². The number of carbonyl (C=O) groups excluding carboxylic acids is 2. The molecule has 0 radical (unpaired) electrons. The molecule has 4 heterocycles. The van der Waals surface area contributed by atoms with Gasteiger partial charge in [0.25, 0.3) is 0 Å². The van der Waals surface area contributed by atoms with Crippen molar-refractivity contribution in [3.8, 4) is 0 Å². The Morgan fingerprint density at radius 2 is 1.62 bits per heavy atom. The van der Waals surface area contributed by atoms with Gasteiger partial charge in [0.1, 0.15) is 0 Å². The SMILES string of the molecule is O=C1CCC(N2Cc3cc(CN4CC5CC4CN5C(c4ccccc4)c4ccccc4)ccc3C2S)C(=O)N1. The minimum atomic E-state index is -0.302. The fourth-order valence-electron chi connectivity index (χ4n) is 7.26. The molecule has 200 valence electrons. The normalized spacial score (nSPS) is 27.3. The summed E-state index contributed by atoms with van der Waals surface area (Å²) in [5.41, 5.74) is 6.47. The van der Waals surface area contributed by atoms with Crippen LogP contribution in [0, 0.1) is 0 Å². The van der Waals surface area contributed by atoms with Gasteiger partial charge in [-0.2, -0.15) is 12.6 Å². The van der Waals surface area contributed by atoms with Gasteiger partial charge in [0.15, 0.2) is 0 Å². The smallest absolute Gasteiger partial charge is 0.243 e. The lowest BCUT2D eigenvalue weighted by atomic mass is 9.96. The summed E-state index contributed by atoms with van der Waals surface area (Å²) in [6.07, 6.45) is 2.16. The molecule has 6 nitrogen and oxygen atoms in total. The number of nitrogens with zero attached hydrogens (tertiary/aromatic N) is 3. The summed E-state index contributed by atoms with van der Waals surface area (Å²) in [6.45, 7) is 3.79. The first kappa shape index (κ1) is 25.0. The van der Waals surface area contributed by atoms with Crippen molar-refractivity contribution in [3.63, 3.8) is 0 Å². The Hall–Kier alpha value is -2.97. The molecule has 0 aromatic heterocycles. The quantitative estimate of drug-likeness (QED) is 0.363. The predicted molar refractivity (Wildman–Crippen MR) is 154 cm³/mol. The Balaban J connectivity index is 1.05. The molecule has 4 atom stereocenters. The Bertz CT molecular complexity index is 1340. The first-order valence-corrected chi connectivity index (χ1v) is 14.6. The van der Waals surface area contributed by atoms with Crippen molar-refractivity contribution >= 4 is 24.4 Å². The Morgan fingerprint density at radius 3 is 2.26 bits per heavy atom. The molecule has 2 amide bonds. The van der Waals surface area contributed by atoms with Gasteiger partial charge in [-0.1, -0.05) is 78.9 Å². The zero-order valence-corrected chi connectivity index (χ0v) is 22.8.